The zero-order chi connectivity index (χ0) is 18.9. The van der Waals surface area contributed by atoms with E-state index in [9.17, 15) is 15.0 Å². The molecular weight excluding hydrogens is 340 g/mol. The summed E-state index contributed by atoms with van der Waals surface area (Å²) in [6, 6.07) is 4.86. The SMILES string of the molecule is CCCCCCOc1c(O)c2cccc(OCCC(O)CO)c2oc1=O. The molecule has 1 heterocycles. The van der Waals surface area contributed by atoms with Crippen molar-refractivity contribution in [2.24, 2.45) is 0 Å². The molecule has 1 aromatic carbocycles. The number of benzene rings is 1. The fourth-order valence-corrected chi connectivity index (χ4v) is 2.51. The van der Waals surface area contributed by atoms with E-state index in [1.165, 1.54) is 0 Å². The molecule has 0 saturated carbocycles. The second-order valence-corrected chi connectivity index (χ2v) is 6.08. The third kappa shape index (κ3) is 5.12. The molecule has 0 bridgehead atoms. The molecule has 0 saturated heterocycles. The Morgan fingerprint density at radius 2 is 1.96 bits per heavy atom. The molecule has 144 valence electrons. The monoisotopic (exact) mass is 366 g/mol. The average molecular weight is 366 g/mol. The number of rotatable bonds is 11. The second-order valence-electron chi connectivity index (χ2n) is 6.08. The Hall–Kier alpha value is -2.25. The van der Waals surface area contributed by atoms with Gasteiger partial charge in [-0.2, -0.15) is 0 Å². The van der Waals surface area contributed by atoms with E-state index in [-0.39, 0.29) is 42.5 Å². The van der Waals surface area contributed by atoms with Gasteiger partial charge in [0, 0.05) is 6.42 Å². The molecule has 1 atom stereocenters. The van der Waals surface area contributed by atoms with Crippen molar-refractivity contribution >= 4 is 11.0 Å². The van der Waals surface area contributed by atoms with E-state index in [0.29, 0.717) is 12.0 Å². The van der Waals surface area contributed by atoms with Crippen LogP contribution in [0.15, 0.2) is 27.4 Å². The summed E-state index contributed by atoms with van der Waals surface area (Å²) in [6.07, 6.45) is 3.32. The minimum absolute atomic E-state index is 0.117. The number of aliphatic hydroxyl groups excluding tert-OH is 2. The molecule has 2 aromatic rings. The minimum Gasteiger partial charge on any atom is -0.504 e. The molecule has 0 aliphatic heterocycles. The Morgan fingerprint density at radius 3 is 2.69 bits per heavy atom. The maximum absolute atomic E-state index is 12.2. The number of aliphatic hydroxyl groups is 2. The van der Waals surface area contributed by atoms with Gasteiger partial charge in [-0.25, -0.2) is 4.79 Å². The van der Waals surface area contributed by atoms with Gasteiger partial charge in [0.2, 0.25) is 5.75 Å². The highest BCUT2D eigenvalue weighted by molar-refractivity contribution is 5.89. The van der Waals surface area contributed by atoms with Crippen molar-refractivity contribution in [3.8, 4) is 17.2 Å². The van der Waals surface area contributed by atoms with Crippen molar-refractivity contribution in [3.05, 3.63) is 28.6 Å². The van der Waals surface area contributed by atoms with Crippen LogP contribution < -0.4 is 15.1 Å². The lowest BCUT2D eigenvalue weighted by atomic mass is 10.2. The Bertz CT molecular complexity index is 753. The van der Waals surface area contributed by atoms with Gasteiger partial charge in [-0.3, -0.25) is 0 Å². The van der Waals surface area contributed by atoms with Crippen LogP contribution in [0.4, 0.5) is 0 Å². The van der Waals surface area contributed by atoms with Gasteiger partial charge in [-0.15, -0.1) is 0 Å². The molecule has 1 unspecified atom stereocenters. The van der Waals surface area contributed by atoms with Crippen molar-refractivity contribution < 1.29 is 29.2 Å². The van der Waals surface area contributed by atoms with E-state index >= 15 is 0 Å². The van der Waals surface area contributed by atoms with E-state index in [2.05, 4.69) is 6.92 Å². The van der Waals surface area contributed by atoms with Crippen LogP contribution >= 0.6 is 0 Å². The predicted octanol–water partition coefficient (Wildman–Crippen LogP) is 2.58. The fourth-order valence-electron chi connectivity index (χ4n) is 2.51. The van der Waals surface area contributed by atoms with Crippen molar-refractivity contribution in [3.63, 3.8) is 0 Å². The summed E-state index contributed by atoms with van der Waals surface area (Å²) in [5.41, 5.74) is -0.649. The lowest BCUT2D eigenvalue weighted by molar-refractivity contribution is 0.0754. The average Bonchev–Trinajstić information content (AvgIpc) is 2.64. The number of fused-ring (bicyclic) bond motifs is 1. The highest BCUT2D eigenvalue weighted by Crippen LogP contribution is 2.35. The van der Waals surface area contributed by atoms with Gasteiger partial charge in [0.1, 0.15) is 0 Å². The van der Waals surface area contributed by atoms with E-state index in [4.69, 9.17) is 19.0 Å². The first-order valence-corrected chi connectivity index (χ1v) is 8.91. The molecule has 2 rings (SSSR count). The number of hydrogen-bond acceptors (Lipinski definition) is 7. The van der Waals surface area contributed by atoms with Crippen molar-refractivity contribution in [1.82, 2.24) is 0 Å². The number of para-hydroxylation sites is 1. The minimum atomic E-state index is -0.877. The summed E-state index contributed by atoms with van der Waals surface area (Å²) < 4.78 is 16.2. The lowest BCUT2D eigenvalue weighted by Gasteiger charge is -2.12. The third-order valence-corrected chi connectivity index (χ3v) is 3.99. The lowest BCUT2D eigenvalue weighted by Crippen LogP contribution is -2.16. The second kappa shape index (κ2) is 10.0. The first-order valence-electron chi connectivity index (χ1n) is 8.91. The maximum atomic E-state index is 12.2. The van der Waals surface area contributed by atoms with Crippen LogP contribution in [0.3, 0.4) is 0 Å². The Labute approximate surface area is 151 Å². The standard InChI is InChI=1S/C19H26O7/c1-2-3-4-5-10-25-18-16(22)14-7-6-8-15(17(14)26-19(18)23)24-11-9-13(21)12-20/h6-8,13,20-22H,2-5,9-12H2,1H3. The summed E-state index contributed by atoms with van der Waals surface area (Å²) in [6.45, 7) is 2.21. The van der Waals surface area contributed by atoms with E-state index in [0.717, 1.165) is 25.7 Å². The molecule has 0 spiro atoms. The van der Waals surface area contributed by atoms with Gasteiger partial charge < -0.3 is 29.2 Å². The summed E-state index contributed by atoms with van der Waals surface area (Å²) in [7, 11) is 0. The summed E-state index contributed by atoms with van der Waals surface area (Å²) >= 11 is 0. The van der Waals surface area contributed by atoms with Crippen LogP contribution in [0.25, 0.3) is 11.0 Å². The van der Waals surface area contributed by atoms with Crippen LogP contribution in [-0.2, 0) is 0 Å². The Balaban J connectivity index is 2.16. The number of ether oxygens (including phenoxy) is 2. The maximum Gasteiger partial charge on any atom is 0.383 e. The first-order chi connectivity index (χ1) is 12.6. The molecule has 7 nitrogen and oxygen atoms in total. The van der Waals surface area contributed by atoms with Gasteiger partial charge in [-0.1, -0.05) is 32.3 Å². The molecule has 0 aliphatic rings. The first kappa shape index (κ1) is 20.1. The Morgan fingerprint density at radius 1 is 1.15 bits per heavy atom. The topological polar surface area (TPSA) is 109 Å². The number of unbranched alkanes of at least 4 members (excludes halogenated alkanes) is 3. The molecule has 0 aliphatic carbocycles. The molecule has 3 N–H and O–H groups in total. The summed E-state index contributed by atoms with van der Waals surface area (Å²) in [4.78, 5) is 12.2. The normalized spacial score (nSPS) is 12.3. The Kier molecular flexibility index (Phi) is 7.74. The molecule has 0 fully saturated rings. The molecule has 1 aromatic heterocycles. The summed E-state index contributed by atoms with van der Waals surface area (Å²) in [5, 5.41) is 28.9. The van der Waals surface area contributed by atoms with Crippen LogP contribution in [0.2, 0.25) is 0 Å². The quantitative estimate of drug-likeness (QED) is 0.414. The van der Waals surface area contributed by atoms with Gasteiger partial charge in [0.05, 0.1) is 31.3 Å². The van der Waals surface area contributed by atoms with E-state index in [1.54, 1.807) is 18.2 Å². The predicted molar refractivity (Wildman–Crippen MR) is 97.0 cm³/mol. The number of hydrogen-bond donors (Lipinski definition) is 3. The highest BCUT2D eigenvalue weighted by atomic mass is 16.5. The van der Waals surface area contributed by atoms with Gasteiger partial charge in [-0.05, 0) is 18.6 Å². The molecule has 7 heteroatoms. The summed E-state index contributed by atoms with van der Waals surface area (Å²) in [5.74, 6) is -0.191. The zero-order valence-corrected chi connectivity index (χ0v) is 14.9. The molecular formula is C19H26O7. The van der Waals surface area contributed by atoms with Crippen molar-refractivity contribution in [2.45, 2.75) is 45.1 Å². The van der Waals surface area contributed by atoms with Crippen LogP contribution in [0, 0.1) is 0 Å². The fraction of sp³-hybridized carbons (Fsp3) is 0.526. The van der Waals surface area contributed by atoms with Gasteiger partial charge in [0.25, 0.3) is 0 Å². The molecule has 0 amide bonds. The highest BCUT2D eigenvalue weighted by Gasteiger charge is 2.18. The van der Waals surface area contributed by atoms with Crippen LogP contribution in [-0.4, -0.2) is 41.2 Å². The van der Waals surface area contributed by atoms with Gasteiger partial charge in [0.15, 0.2) is 17.1 Å². The largest absolute Gasteiger partial charge is 0.504 e. The molecule has 0 radical (unpaired) electrons. The third-order valence-electron chi connectivity index (χ3n) is 3.99. The van der Waals surface area contributed by atoms with Gasteiger partial charge >= 0.3 is 5.63 Å². The van der Waals surface area contributed by atoms with Crippen molar-refractivity contribution in [2.75, 3.05) is 19.8 Å². The zero-order valence-electron chi connectivity index (χ0n) is 14.9. The number of aromatic hydroxyl groups is 1. The smallest absolute Gasteiger partial charge is 0.383 e. The van der Waals surface area contributed by atoms with Crippen LogP contribution in [0.1, 0.15) is 39.0 Å². The van der Waals surface area contributed by atoms with E-state index in [1.807, 2.05) is 0 Å². The van der Waals surface area contributed by atoms with Crippen LogP contribution in [0.5, 0.6) is 17.2 Å². The van der Waals surface area contributed by atoms with E-state index < -0.39 is 11.7 Å². The van der Waals surface area contributed by atoms with Crippen molar-refractivity contribution in [1.29, 1.82) is 0 Å². The molecule has 26 heavy (non-hydrogen) atoms.